The minimum atomic E-state index is 0.270. The van der Waals surface area contributed by atoms with E-state index in [9.17, 15) is 0 Å². The molecule has 0 aromatic heterocycles. The fourth-order valence-electron chi connectivity index (χ4n) is 1.40. The van der Waals surface area contributed by atoms with Crippen LogP contribution in [0.2, 0.25) is 0 Å². The minimum Gasteiger partial charge on any atom is -0.379 e. The Morgan fingerprint density at radius 3 is 2.69 bits per heavy atom. The van der Waals surface area contributed by atoms with Crippen molar-refractivity contribution in [1.82, 2.24) is 0 Å². The highest BCUT2D eigenvalue weighted by molar-refractivity contribution is 8.13. The molecule has 88 valence electrons. The number of nitrogens with two attached hydrogens (primary N) is 1. The van der Waals surface area contributed by atoms with Crippen LogP contribution in [0.1, 0.15) is 30.5 Å². The lowest BCUT2D eigenvalue weighted by Gasteiger charge is -2.07. The van der Waals surface area contributed by atoms with Crippen molar-refractivity contribution < 1.29 is 0 Å². The third kappa shape index (κ3) is 4.27. The number of hydrogen-bond acceptors (Lipinski definition) is 2. The monoisotopic (exact) mass is 236 g/mol. The first-order valence-corrected chi connectivity index (χ1v) is 6.50. The van der Waals surface area contributed by atoms with Crippen LogP contribution in [0.25, 0.3) is 0 Å². The van der Waals surface area contributed by atoms with Crippen molar-refractivity contribution in [3.8, 4) is 0 Å². The molecule has 0 aliphatic rings. The molecule has 0 saturated carbocycles. The van der Waals surface area contributed by atoms with Crippen LogP contribution in [0, 0.1) is 13.8 Å². The second-order valence-corrected chi connectivity index (χ2v) is 5.28. The largest absolute Gasteiger partial charge is 0.379 e. The van der Waals surface area contributed by atoms with Crippen LogP contribution < -0.4 is 5.73 Å². The first kappa shape index (κ1) is 13.1. The molecule has 0 atom stereocenters. The summed E-state index contributed by atoms with van der Waals surface area (Å²) in [5, 5.41) is 0.677. The third-order valence-corrected chi connectivity index (χ3v) is 3.12. The van der Waals surface area contributed by atoms with Crippen molar-refractivity contribution >= 4 is 16.9 Å². The maximum atomic E-state index is 5.82. The molecule has 3 heteroatoms. The summed E-state index contributed by atoms with van der Waals surface area (Å²) in [5.74, 6) is 0.898. The summed E-state index contributed by atoms with van der Waals surface area (Å²) in [6.07, 6.45) is 0. The predicted octanol–water partition coefficient (Wildman–Crippen LogP) is 3.26. The SMILES string of the molecule is Cc1ccc(C)c(CSC(N)=NC(C)C)c1. The van der Waals surface area contributed by atoms with Gasteiger partial charge in [-0.25, -0.2) is 0 Å². The van der Waals surface area contributed by atoms with Gasteiger partial charge in [0.1, 0.15) is 0 Å². The lowest BCUT2D eigenvalue weighted by Crippen LogP contribution is -2.10. The van der Waals surface area contributed by atoms with Crippen LogP contribution in [0.3, 0.4) is 0 Å². The second-order valence-electron chi connectivity index (χ2n) is 4.28. The molecule has 1 aromatic carbocycles. The van der Waals surface area contributed by atoms with Gasteiger partial charge in [0.15, 0.2) is 5.17 Å². The van der Waals surface area contributed by atoms with Gasteiger partial charge in [-0.05, 0) is 38.8 Å². The molecule has 0 unspecified atom stereocenters. The number of aryl methyl sites for hydroxylation is 2. The van der Waals surface area contributed by atoms with Crippen molar-refractivity contribution in [2.24, 2.45) is 10.7 Å². The van der Waals surface area contributed by atoms with Gasteiger partial charge in [0.25, 0.3) is 0 Å². The summed E-state index contributed by atoms with van der Waals surface area (Å²) in [6, 6.07) is 6.77. The zero-order valence-corrected chi connectivity index (χ0v) is 11.3. The first-order valence-electron chi connectivity index (χ1n) is 5.51. The first-order chi connectivity index (χ1) is 7.49. The maximum absolute atomic E-state index is 5.82. The summed E-state index contributed by atoms with van der Waals surface area (Å²) in [5.41, 5.74) is 9.77. The third-order valence-electron chi connectivity index (χ3n) is 2.27. The molecule has 0 heterocycles. The molecular weight excluding hydrogens is 216 g/mol. The molecule has 0 radical (unpaired) electrons. The van der Waals surface area contributed by atoms with Gasteiger partial charge in [-0.1, -0.05) is 35.5 Å². The zero-order chi connectivity index (χ0) is 12.1. The van der Waals surface area contributed by atoms with Crippen LogP contribution >= 0.6 is 11.8 Å². The summed E-state index contributed by atoms with van der Waals surface area (Å²) < 4.78 is 0. The standard InChI is InChI=1S/C13H20N2S/c1-9(2)15-13(14)16-8-12-7-10(3)5-6-11(12)4/h5-7,9H,8H2,1-4H3,(H2,14,15). The van der Waals surface area contributed by atoms with E-state index >= 15 is 0 Å². The van der Waals surface area contributed by atoms with Crippen LogP contribution in [0.5, 0.6) is 0 Å². The van der Waals surface area contributed by atoms with Crippen LogP contribution in [0.4, 0.5) is 0 Å². The number of aliphatic imine (C=N–C) groups is 1. The molecule has 2 nitrogen and oxygen atoms in total. The molecule has 1 aromatic rings. The van der Waals surface area contributed by atoms with Crippen LogP contribution in [-0.2, 0) is 5.75 Å². The van der Waals surface area contributed by atoms with E-state index in [1.807, 2.05) is 13.8 Å². The Morgan fingerprint density at radius 1 is 1.38 bits per heavy atom. The van der Waals surface area contributed by atoms with E-state index in [-0.39, 0.29) is 6.04 Å². The molecule has 0 aliphatic heterocycles. The Labute approximate surface area is 102 Å². The van der Waals surface area contributed by atoms with E-state index < -0.39 is 0 Å². The lowest BCUT2D eigenvalue weighted by atomic mass is 10.1. The molecule has 0 spiro atoms. The highest BCUT2D eigenvalue weighted by Crippen LogP contribution is 2.17. The molecule has 16 heavy (non-hydrogen) atoms. The highest BCUT2D eigenvalue weighted by atomic mass is 32.2. The number of nitrogens with zero attached hydrogens (tertiary/aromatic N) is 1. The quantitative estimate of drug-likeness (QED) is 0.646. The fourth-order valence-corrected chi connectivity index (χ4v) is 2.30. The molecule has 0 fully saturated rings. The predicted molar refractivity (Wildman–Crippen MR) is 74.0 cm³/mol. The normalized spacial score (nSPS) is 12.2. The van der Waals surface area contributed by atoms with Crippen molar-refractivity contribution in [3.63, 3.8) is 0 Å². The Morgan fingerprint density at radius 2 is 2.06 bits per heavy atom. The summed E-state index contributed by atoms with van der Waals surface area (Å²) in [6.45, 7) is 8.31. The van der Waals surface area contributed by atoms with E-state index in [2.05, 4.69) is 37.0 Å². The van der Waals surface area contributed by atoms with Crippen LogP contribution in [-0.4, -0.2) is 11.2 Å². The molecule has 2 N–H and O–H groups in total. The average Bonchev–Trinajstić information content (AvgIpc) is 2.18. The van der Waals surface area contributed by atoms with Gasteiger partial charge in [-0.2, -0.15) is 0 Å². The van der Waals surface area contributed by atoms with E-state index in [1.165, 1.54) is 16.7 Å². The van der Waals surface area contributed by atoms with Crippen molar-refractivity contribution in [1.29, 1.82) is 0 Å². The van der Waals surface area contributed by atoms with E-state index in [1.54, 1.807) is 11.8 Å². The van der Waals surface area contributed by atoms with Gasteiger partial charge in [0.2, 0.25) is 0 Å². The van der Waals surface area contributed by atoms with Gasteiger partial charge in [0, 0.05) is 11.8 Å². The molecule has 0 bridgehead atoms. The van der Waals surface area contributed by atoms with Gasteiger partial charge in [-0.3, -0.25) is 4.99 Å². The number of hydrogen-bond donors (Lipinski definition) is 1. The number of thioether (sulfide) groups is 1. The van der Waals surface area contributed by atoms with Crippen molar-refractivity contribution in [2.75, 3.05) is 0 Å². The van der Waals surface area contributed by atoms with E-state index in [0.717, 1.165) is 5.75 Å². The van der Waals surface area contributed by atoms with Crippen molar-refractivity contribution in [2.45, 2.75) is 39.5 Å². The molecule has 0 aliphatic carbocycles. The molecule has 1 rings (SSSR count). The second kappa shape index (κ2) is 5.94. The van der Waals surface area contributed by atoms with E-state index in [0.29, 0.717) is 5.17 Å². The average molecular weight is 236 g/mol. The summed E-state index contributed by atoms with van der Waals surface area (Å²) in [7, 11) is 0. The highest BCUT2D eigenvalue weighted by Gasteiger charge is 2.01. The Balaban J connectivity index is 2.64. The van der Waals surface area contributed by atoms with E-state index in [4.69, 9.17) is 5.73 Å². The van der Waals surface area contributed by atoms with Crippen molar-refractivity contribution in [3.05, 3.63) is 34.9 Å². The van der Waals surface area contributed by atoms with Gasteiger partial charge < -0.3 is 5.73 Å². The smallest absolute Gasteiger partial charge is 0.154 e. The number of benzene rings is 1. The topological polar surface area (TPSA) is 38.4 Å². The molecule has 0 amide bonds. The lowest BCUT2D eigenvalue weighted by molar-refractivity contribution is 0.838. The summed E-state index contributed by atoms with van der Waals surface area (Å²) >= 11 is 1.61. The fraction of sp³-hybridized carbons (Fsp3) is 0.462. The van der Waals surface area contributed by atoms with Gasteiger partial charge in [-0.15, -0.1) is 0 Å². The Kier molecular flexibility index (Phi) is 4.87. The zero-order valence-electron chi connectivity index (χ0n) is 10.4. The van der Waals surface area contributed by atoms with Gasteiger partial charge in [0.05, 0.1) is 0 Å². The van der Waals surface area contributed by atoms with Gasteiger partial charge >= 0.3 is 0 Å². The summed E-state index contributed by atoms with van der Waals surface area (Å²) in [4.78, 5) is 4.30. The minimum absolute atomic E-state index is 0.270. The number of rotatable bonds is 3. The Hall–Kier alpha value is -0.960. The molecular formula is C13H20N2S. The maximum Gasteiger partial charge on any atom is 0.154 e. The molecule has 0 saturated heterocycles. The van der Waals surface area contributed by atoms with Crippen LogP contribution in [0.15, 0.2) is 23.2 Å². The Bertz CT molecular complexity index is 384. The number of amidine groups is 1.